The summed E-state index contributed by atoms with van der Waals surface area (Å²) >= 11 is 0. The van der Waals surface area contributed by atoms with E-state index in [9.17, 15) is 14.0 Å². The van der Waals surface area contributed by atoms with Gasteiger partial charge in [-0.1, -0.05) is 53.5 Å². The predicted octanol–water partition coefficient (Wildman–Crippen LogP) is 8.46. The molecule has 0 N–H and O–H groups in total. The van der Waals surface area contributed by atoms with Crippen molar-refractivity contribution in [2.24, 2.45) is 16.2 Å². The summed E-state index contributed by atoms with van der Waals surface area (Å²) in [6.45, 7) is 16.4. The largest absolute Gasteiger partial charge is 0.487 e. The zero-order valence-corrected chi connectivity index (χ0v) is 20.5. The molecule has 0 aliphatic heterocycles. The van der Waals surface area contributed by atoms with Crippen molar-refractivity contribution in [1.82, 2.24) is 0 Å². The molecule has 2 unspecified atom stereocenters. The van der Waals surface area contributed by atoms with Crippen LogP contribution in [0, 0.1) is 50.8 Å². The van der Waals surface area contributed by atoms with Gasteiger partial charge >= 0.3 is 0 Å². The van der Waals surface area contributed by atoms with Crippen LogP contribution in [0.3, 0.4) is 0 Å². The van der Waals surface area contributed by atoms with Gasteiger partial charge in [0, 0.05) is 5.56 Å². The highest BCUT2D eigenvalue weighted by atomic mass is 19.2. The first-order chi connectivity index (χ1) is 14.8. The van der Waals surface area contributed by atoms with Crippen LogP contribution in [0.15, 0.2) is 12.7 Å². The van der Waals surface area contributed by atoms with Crippen LogP contribution in [0.1, 0.15) is 92.1 Å². The molecule has 0 amide bonds. The molecule has 0 aliphatic carbocycles. The lowest BCUT2D eigenvalue weighted by Crippen LogP contribution is -2.39. The van der Waals surface area contributed by atoms with Gasteiger partial charge in [0.05, 0.1) is 18.1 Å². The Hall–Kier alpha value is -2.03. The molecule has 0 saturated carbocycles. The second-order valence-corrected chi connectivity index (χ2v) is 9.69. The van der Waals surface area contributed by atoms with E-state index in [1.165, 1.54) is 6.08 Å². The van der Waals surface area contributed by atoms with Gasteiger partial charge in [0.25, 0.3) is 0 Å². The number of nitrogens with zero attached hydrogens (tertiary/aromatic N) is 1. The van der Waals surface area contributed by atoms with Gasteiger partial charge in [-0.2, -0.15) is 14.0 Å². The quantitative estimate of drug-likeness (QED) is 0.137. The third-order valence-electron chi connectivity index (χ3n) is 7.85. The molecule has 0 fully saturated rings. The number of hydrogen-bond donors (Lipinski definition) is 0. The van der Waals surface area contributed by atoms with Crippen LogP contribution in [-0.4, -0.2) is 6.61 Å². The zero-order chi connectivity index (χ0) is 24.9. The highest BCUT2D eigenvalue weighted by molar-refractivity contribution is 5.37. The molecule has 0 spiro atoms. The molecule has 0 aromatic heterocycles. The van der Waals surface area contributed by atoms with Gasteiger partial charge in [-0.15, -0.1) is 6.58 Å². The topological polar surface area (TPSA) is 33.0 Å². The Bertz CT molecular complexity index is 825. The Balaban J connectivity index is 3.80. The van der Waals surface area contributed by atoms with E-state index >= 15 is 8.78 Å². The molecule has 2 nitrogen and oxygen atoms in total. The lowest BCUT2D eigenvalue weighted by molar-refractivity contribution is 0.0744. The van der Waals surface area contributed by atoms with E-state index in [0.717, 1.165) is 0 Å². The maximum atomic E-state index is 15.4. The van der Waals surface area contributed by atoms with Crippen LogP contribution < -0.4 is 4.74 Å². The number of rotatable bonds is 12. The summed E-state index contributed by atoms with van der Waals surface area (Å²) in [7, 11) is 0. The highest BCUT2D eigenvalue weighted by Gasteiger charge is 2.47. The smallest absolute Gasteiger partial charge is 0.204 e. The summed E-state index contributed by atoms with van der Waals surface area (Å²) in [4.78, 5) is 0. The lowest BCUT2D eigenvalue weighted by Gasteiger charge is -2.46. The summed E-state index contributed by atoms with van der Waals surface area (Å²) in [5.41, 5.74) is -2.72. The Labute approximate surface area is 190 Å². The number of nitriles is 1. The molecule has 0 aliphatic rings. The van der Waals surface area contributed by atoms with Crippen LogP contribution in [0.5, 0.6) is 5.75 Å². The van der Waals surface area contributed by atoms with Crippen molar-refractivity contribution >= 4 is 0 Å². The number of halogens is 4. The van der Waals surface area contributed by atoms with Crippen LogP contribution in [0.4, 0.5) is 17.6 Å². The Morgan fingerprint density at radius 2 is 1.44 bits per heavy atom. The minimum absolute atomic E-state index is 0.148. The molecule has 2 atom stereocenters. The SMILES string of the molecule is C=CCCOc1c(F)c(F)c(C(CC(C)(CC)C(C)(C)C#N)C(C)(CC)CC)c(F)c1F. The minimum atomic E-state index is -1.53. The molecule has 1 rings (SSSR count). The minimum Gasteiger partial charge on any atom is -0.487 e. The predicted molar refractivity (Wildman–Crippen MR) is 120 cm³/mol. The van der Waals surface area contributed by atoms with E-state index in [0.29, 0.717) is 19.3 Å². The van der Waals surface area contributed by atoms with Gasteiger partial charge in [-0.25, -0.2) is 8.78 Å². The molecular weight excluding hydrogens is 418 g/mol. The molecule has 6 heteroatoms. The normalized spacial score (nSPS) is 15.1. The zero-order valence-electron chi connectivity index (χ0n) is 20.5. The summed E-state index contributed by atoms with van der Waals surface area (Å²) in [6, 6.07) is 2.30. The van der Waals surface area contributed by atoms with Crippen LogP contribution >= 0.6 is 0 Å². The first kappa shape index (κ1) is 28.0. The average molecular weight is 456 g/mol. The molecule has 0 saturated heterocycles. The van der Waals surface area contributed by atoms with Crippen LogP contribution in [0.25, 0.3) is 0 Å². The van der Waals surface area contributed by atoms with E-state index in [4.69, 9.17) is 4.74 Å². The molecule has 1 aromatic carbocycles. The standard InChI is InChI=1S/C26H37F4NO/c1-9-13-14-32-23-21(29)19(27)18(20(28)22(23)30)17(25(7,10-2)11-3)15-26(8,12-4)24(5,6)16-31/h9,17H,1,10-15H2,2-8H3. The highest BCUT2D eigenvalue weighted by Crippen LogP contribution is 2.55. The summed E-state index contributed by atoms with van der Waals surface area (Å²) in [5, 5.41) is 9.76. The van der Waals surface area contributed by atoms with Crippen molar-refractivity contribution in [1.29, 1.82) is 5.26 Å². The van der Waals surface area contributed by atoms with Crippen LogP contribution in [-0.2, 0) is 0 Å². The van der Waals surface area contributed by atoms with Gasteiger partial charge in [-0.3, -0.25) is 0 Å². The van der Waals surface area contributed by atoms with E-state index in [1.807, 2.05) is 34.6 Å². The van der Waals surface area contributed by atoms with Gasteiger partial charge in [0.1, 0.15) is 0 Å². The molecular formula is C26H37F4NO. The average Bonchev–Trinajstić information content (AvgIpc) is 2.78. The van der Waals surface area contributed by atoms with E-state index < -0.39 is 56.7 Å². The number of benzene rings is 1. The van der Waals surface area contributed by atoms with Gasteiger partial charge < -0.3 is 4.74 Å². The lowest BCUT2D eigenvalue weighted by atomic mass is 9.56. The Kier molecular flexibility index (Phi) is 9.39. The fourth-order valence-electron chi connectivity index (χ4n) is 4.17. The van der Waals surface area contributed by atoms with Gasteiger partial charge in [-0.05, 0) is 49.9 Å². The van der Waals surface area contributed by atoms with Gasteiger partial charge in [0.15, 0.2) is 17.4 Å². The molecule has 0 bridgehead atoms. The van der Waals surface area contributed by atoms with Crippen molar-refractivity contribution in [2.75, 3.05) is 6.61 Å². The third-order valence-corrected chi connectivity index (χ3v) is 7.85. The fourth-order valence-corrected chi connectivity index (χ4v) is 4.17. The number of ether oxygens (including phenoxy) is 1. The Morgan fingerprint density at radius 3 is 1.81 bits per heavy atom. The molecule has 0 heterocycles. The monoisotopic (exact) mass is 455 g/mol. The second kappa shape index (κ2) is 10.7. The third kappa shape index (κ3) is 5.13. The molecule has 180 valence electrons. The maximum Gasteiger partial charge on any atom is 0.204 e. The van der Waals surface area contributed by atoms with Crippen molar-refractivity contribution in [3.63, 3.8) is 0 Å². The van der Waals surface area contributed by atoms with Crippen molar-refractivity contribution in [3.8, 4) is 11.8 Å². The van der Waals surface area contributed by atoms with Crippen molar-refractivity contribution in [2.45, 2.75) is 86.5 Å². The number of hydrogen-bond acceptors (Lipinski definition) is 2. The van der Waals surface area contributed by atoms with E-state index in [-0.39, 0.29) is 19.4 Å². The first-order valence-corrected chi connectivity index (χ1v) is 11.3. The summed E-state index contributed by atoms with van der Waals surface area (Å²) in [5.74, 6) is -7.80. The molecule has 1 aromatic rings. The summed E-state index contributed by atoms with van der Waals surface area (Å²) in [6.07, 6.45) is 3.59. The van der Waals surface area contributed by atoms with Crippen molar-refractivity contribution < 1.29 is 22.3 Å². The molecule has 32 heavy (non-hydrogen) atoms. The van der Waals surface area contributed by atoms with Gasteiger partial charge in [0.2, 0.25) is 11.6 Å². The maximum absolute atomic E-state index is 15.4. The van der Waals surface area contributed by atoms with Crippen molar-refractivity contribution in [3.05, 3.63) is 41.5 Å². The Morgan fingerprint density at radius 1 is 0.938 bits per heavy atom. The first-order valence-electron chi connectivity index (χ1n) is 11.3. The van der Waals surface area contributed by atoms with E-state index in [1.54, 1.807) is 13.8 Å². The fraction of sp³-hybridized carbons (Fsp3) is 0.654. The van der Waals surface area contributed by atoms with E-state index in [2.05, 4.69) is 12.6 Å². The second-order valence-electron chi connectivity index (χ2n) is 9.69. The summed E-state index contributed by atoms with van der Waals surface area (Å²) < 4.78 is 65.6. The van der Waals surface area contributed by atoms with Crippen LogP contribution in [0.2, 0.25) is 0 Å². The molecule has 0 radical (unpaired) electrons.